The summed E-state index contributed by atoms with van der Waals surface area (Å²) in [6.45, 7) is 3.87. The molecule has 3 aromatic rings. The van der Waals surface area contributed by atoms with Crippen molar-refractivity contribution in [3.63, 3.8) is 0 Å². The van der Waals surface area contributed by atoms with Crippen molar-refractivity contribution in [2.45, 2.75) is 19.3 Å². The Hall–Kier alpha value is -2.94. The van der Waals surface area contributed by atoms with Gasteiger partial charge < -0.3 is 20.7 Å². The Balaban J connectivity index is 1.66. The van der Waals surface area contributed by atoms with E-state index in [-0.39, 0.29) is 0 Å². The zero-order valence-corrected chi connectivity index (χ0v) is 16.8. The summed E-state index contributed by atoms with van der Waals surface area (Å²) in [6, 6.07) is 4.67. The van der Waals surface area contributed by atoms with Gasteiger partial charge in [0.1, 0.15) is 17.4 Å². The number of hydrogen-bond donors (Lipinski definition) is 2. The van der Waals surface area contributed by atoms with E-state index in [0.717, 1.165) is 19.6 Å². The van der Waals surface area contributed by atoms with Crippen LogP contribution in [0.4, 0.5) is 16.2 Å². The van der Waals surface area contributed by atoms with Crippen LogP contribution < -0.4 is 15.8 Å². The third-order valence-electron chi connectivity index (χ3n) is 5.33. The zero-order valence-electron chi connectivity index (χ0n) is 16.8. The summed E-state index contributed by atoms with van der Waals surface area (Å²) < 4.78 is 21.4. The SMILES string of the molecule is COc1ccc(-c2nc(NCCN3CCCCC3)nc3nn(C)c(N)c23)c(F)c1. The molecule has 3 N–H and O–H groups in total. The number of anilines is 2. The van der Waals surface area contributed by atoms with Gasteiger partial charge in [0.2, 0.25) is 5.95 Å². The van der Waals surface area contributed by atoms with Crippen LogP contribution in [0.5, 0.6) is 5.75 Å². The van der Waals surface area contributed by atoms with E-state index >= 15 is 0 Å². The van der Waals surface area contributed by atoms with Gasteiger partial charge in [0.15, 0.2) is 5.65 Å². The van der Waals surface area contributed by atoms with Crippen LogP contribution in [0, 0.1) is 5.82 Å². The normalized spacial score (nSPS) is 15.0. The Morgan fingerprint density at radius 3 is 2.72 bits per heavy atom. The molecule has 1 aliphatic rings. The first-order valence-electron chi connectivity index (χ1n) is 9.87. The van der Waals surface area contributed by atoms with Gasteiger partial charge in [-0.1, -0.05) is 6.42 Å². The number of piperidine rings is 1. The number of hydrogen-bond acceptors (Lipinski definition) is 7. The van der Waals surface area contributed by atoms with E-state index < -0.39 is 5.82 Å². The van der Waals surface area contributed by atoms with Crippen molar-refractivity contribution < 1.29 is 9.13 Å². The number of halogens is 1. The first-order valence-corrected chi connectivity index (χ1v) is 9.87. The highest BCUT2D eigenvalue weighted by atomic mass is 19.1. The number of methoxy groups -OCH3 is 1. The van der Waals surface area contributed by atoms with Gasteiger partial charge in [-0.25, -0.2) is 9.37 Å². The van der Waals surface area contributed by atoms with Gasteiger partial charge in [-0.15, -0.1) is 0 Å². The summed E-state index contributed by atoms with van der Waals surface area (Å²) in [5.74, 6) is 0.811. The molecular formula is C20H26FN7O. The van der Waals surface area contributed by atoms with Gasteiger partial charge >= 0.3 is 0 Å². The van der Waals surface area contributed by atoms with Crippen molar-refractivity contribution in [2.24, 2.45) is 7.05 Å². The van der Waals surface area contributed by atoms with Crippen molar-refractivity contribution in [2.75, 3.05) is 44.3 Å². The lowest BCUT2D eigenvalue weighted by atomic mass is 10.1. The van der Waals surface area contributed by atoms with Gasteiger partial charge in [-0.05, 0) is 38.1 Å². The molecule has 1 aliphatic heterocycles. The Morgan fingerprint density at radius 2 is 2.00 bits per heavy atom. The van der Waals surface area contributed by atoms with E-state index in [9.17, 15) is 4.39 Å². The smallest absolute Gasteiger partial charge is 0.225 e. The fourth-order valence-corrected chi connectivity index (χ4v) is 3.71. The Morgan fingerprint density at radius 1 is 1.21 bits per heavy atom. The zero-order chi connectivity index (χ0) is 20.4. The lowest BCUT2D eigenvalue weighted by Gasteiger charge is -2.26. The number of nitrogens with two attached hydrogens (primary N) is 1. The Kier molecular flexibility index (Phi) is 5.48. The third kappa shape index (κ3) is 3.95. The highest BCUT2D eigenvalue weighted by Crippen LogP contribution is 2.33. The second-order valence-electron chi connectivity index (χ2n) is 7.28. The van der Waals surface area contributed by atoms with Crippen molar-refractivity contribution in [3.05, 3.63) is 24.0 Å². The van der Waals surface area contributed by atoms with E-state index in [1.807, 2.05) is 0 Å². The van der Waals surface area contributed by atoms with E-state index in [4.69, 9.17) is 10.5 Å². The number of aromatic nitrogens is 4. The second-order valence-corrected chi connectivity index (χ2v) is 7.28. The second kappa shape index (κ2) is 8.20. The minimum absolute atomic E-state index is 0.331. The number of nitrogen functional groups attached to an aromatic ring is 1. The summed E-state index contributed by atoms with van der Waals surface area (Å²) in [4.78, 5) is 11.5. The van der Waals surface area contributed by atoms with Gasteiger partial charge in [-0.2, -0.15) is 10.1 Å². The van der Waals surface area contributed by atoms with Crippen LogP contribution in [0.3, 0.4) is 0 Å². The van der Waals surface area contributed by atoms with Crippen LogP contribution in [0.25, 0.3) is 22.3 Å². The molecule has 0 bridgehead atoms. The number of fused-ring (bicyclic) bond motifs is 1. The van der Waals surface area contributed by atoms with E-state index in [1.54, 1.807) is 19.2 Å². The molecule has 0 aliphatic carbocycles. The van der Waals surface area contributed by atoms with Crippen molar-refractivity contribution in [1.29, 1.82) is 0 Å². The molecule has 3 heterocycles. The summed E-state index contributed by atoms with van der Waals surface area (Å²) in [6.07, 6.45) is 3.80. The number of rotatable bonds is 6. The van der Waals surface area contributed by atoms with Crippen LogP contribution >= 0.6 is 0 Å². The minimum Gasteiger partial charge on any atom is -0.497 e. The topological polar surface area (TPSA) is 94.1 Å². The molecule has 1 fully saturated rings. The predicted molar refractivity (Wildman–Crippen MR) is 111 cm³/mol. The van der Waals surface area contributed by atoms with E-state index in [2.05, 4.69) is 25.3 Å². The van der Waals surface area contributed by atoms with Gasteiger partial charge in [0.05, 0.1) is 18.2 Å². The number of nitrogens with one attached hydrogen (secondary N) is 1. The molecule has 9 heteroatoms. The lowest BCUT2D eigenvalue weighted by Crippen LogP contribution is -2.33. The van der Waals surface area contributed by atoms with E-state index in [0.29, 0.717) is 46.4 Å². The molecule has 0 atom stereocenters. The van der Waals surface area contributed by atoms with Gasteiger partial charge in [-0.3, -0.25) is 4.68 Å². The molecule has 0 radical (unpaired) electrons. The maximum Gasteiger partial charge on any atom is 0.225 e. The summed E-state index contributed by atoms with van der Waals surface area (Å²) >= 11 is 0. The first-order chi connectivity index (χ1) is 14.1. The number of ether oxygens (including phenoxy) is 1. The number of benzene rings is 1. The van der Waals surface area contributed by atoms with Gasteiger partial charge in [0.25, 0.3) is 0 Å². The average Bonchev–Trinajstić information content (AvgIpc) is 3.02. The maximum atomic E-state index is 14.8. The van der Waals surface area contributed by atoms with Crippen LogP contribution in [-0.4, -0.2) is 57.9 Å². The van der Waals surface area contributed by atoms with E-state index in [1.165, 1.54) is 37.1 Å². The molecule has 0 spiro atoms. The third-order valence-corrected chi connectivity index (χ3v) is 5.33. The predicted octanol–water partition coefficient (Wildman–Crippen LogP) is 2.66. The Labute approximate surface area is 168 Å². The number of nitrogens with zero attached hydrogens (tertiary/aromatic N) is 5. The van der Waals surface area contributed by atoms with Crippen molar-refractivity contribution in [1.82, 2.24) is 24.6 Å². The fourth-order valence-electron chi connectivity index (χ4n) is 3.71. The molecule has 0 saturated carbocycles. The molecular weight excluding hydrogens is 373 g/mol. The monoisotopic (exact) mass is 399 g/mol. The van der Waals surface area contributed by atoms with Crippen molar-refractivity contribution >= 4 is 22.8 Å². The number of aryl methyl sites for hydroxylation is 1. The maximum absolute atomic E-state index is 14.8. The summed E-state index contributed by atoms with van der Waals surface area (Å²) in [5, 5.41) is 8.17. The standard InChI is InChI=1S/C20H26FN7O/c1-27-18(22)16-17(14-7-6-13(29-2)12-15(14)21)24-20(25-19(16)26-27)23-8-11-28-9-4-3-5-10-28/h6-7,12H,3-5,8-11,22H2,1-2H3,(H,23,25,26). The fraction of sp³-hybridized carbons (Fsp3) is 0.450. The van der Waals surface area contributed by atoms with Crippen LogP contribution in [0.2, 0.25) is 0 Å². The van der Waals surface area contributed by atoms with Gasteiger partial charge in [0, 0.05) is 31.8 Å². The Bertz CT molecular complexity index is 1010. The molecule has 0 amide bonds. The molecule has 1 saturated heterocycles. The molecule has 2 aromatic heterocycles. The van der Waals surface area contributed by atoms with Crippen LogP contribution in [0.15, 0.2) is 18.2 Å². The average molecular weight is 399 g/mol. The quantitative estimate of drug-likeness (QED) is 0.658. The highest BCUT2D eigenvalue weighted by Gasteiger charge is 2.20. The lowest BCUT2D eigenvalue weighted by molar-refractivity contribution is 0.237. The largest absolute Gasteiger partial charge is 0.497 e. The summed E-state index contributed by atoms with van der Waals surface area (Å²) in [7, 11) is 3.23. The first kappa shape index (κ1) is 19.4. The molecule has 1 aromatic carbocycles. The minimum atomic E-state index is -0.438. The molecule has 154 valence electrons. The van der Waals surface area contributed by atoms with Crippen molar-refractivity contribution in [3.8, 4) is 17.0 Å². The number of likely N-dealkylation sites (tertiary alicyclic amines) is 1. The highest BCUT2D eigenvalue weighted by molar-refractivity contribution is 5.99. The molecule has 4 rings (SSSR count). The van der Waals surface area contributed by atoms with Crippen LogP contribution in [-0.2, 0) is 7.05 Å². The summed E-state index contributed by atoms with van der Waals surface area (Å²) in [5.41, 5.74) is 7.36. The molecule has 8 nitrogen and oxygen atoms in total. The van der Waals surface area contributed by atoms with Crippen LogP contribution in [0.1, 0.15) is 19.3 Å². The molecule has 0 unspecified atom stereocenters. The molecule has 29 heavy (non-hydrogen) atoms.